The van der Waals surface area contributed by atoms with Crippen LogP contribution in [0.25, 0.3) is 0 Å². The molecular formula is C13H15FN4OS. The zero-order valence-electron chi connectivity index (χ0n) is 11.2. The monoisotopic (exact) mass is 294 g/mol. The van der Waals surface area contributed by atoms with E-state index < -0.39 is 5.82 Å². The summed E-state index contributed by atoms with van der Waals surface area (Å²) in [6.45, 7) is 2.44. The smallest absolute Gasteiger partial charge is 0.175 e. The number of hydrogen-bond donors (Lipinski definition) is 2. The van der Waals surface area contributed by atoms with E-state index >= 15 is 0 Å². The van der Waals surface area contributed by atoms with Crippen LogP contribution in [0, 0.1) is 12.7 Å². The molecule has 106 valence electrons. The lowest BCUT2D eigenvalue weighted by Crippen LogP contribution is -2.24. The zero-order valence-corrected chi connectivity index (χ0v) is 12.0. The molecule has 0 spiro atoms. The van der Waals surface area contributed by atoms with Crippen LogP contribution < -0.4 is 10.6 Å². The van der Waals surface area contributed by atoms with Gasteiger partial charge in [0.1, 0.15) is 5.82 Å². The first-order chi connectivity index (χ1) is 9.52. The molecule has 0 radical (unpaired) electrons. The van der Waals surface area contributed by atoms with Crippen LogP contribution in [0.15, 0.2) is 28.7 Å². The van der Waals surface area contributed by atoms with Gasteiger partial charge in [0.2, 0.25) is 0 Å². The molecule has 0 aliphatic rings. The number of oxime groups is 1. The molecule has 0 aliphatic carbocycles. The predicted molar refractivity (Wildman–Crippen MR) is 77.9 cm³/mol. The van der Waals surface area contributed by atoms with E-state index in [9.17, 15) is 4.39 Å². The topological polar surface area (TPSA) is 74.7 Å². The minimum Gasteiger partial charge on any atom is -0.409 e. The van der Waals surface area contributed by atoms with Crippen molar-refractivity contribution in [3.05, 3.63) is 45.7 Å². The van der Waals surface area contributed by atoms with Gasteiger partial charge in [-0.05, 0) is 19.1 Å². The van der Waals surface area contributed by atoms with Gasteiger partial charge in [-0.2, -0.15) is 0 Å². The Hall–Kier alpha value is -2.15. The molecule has 0 fully saturated rings. The molecule has 0 atom stereocenters. The number of hydrogen-bond acceptors (Lipinski definition) is 5. The van der Waals surface area contributed by atoms with Crippen molar-refractivity contribution in [1.82, 2.24) is 4.98 Å². The lowest BCUT2D eigenvalue weighted by Gasteiger charge is -2.21. The van der Waals surface area contributed by atoms with Crippen molar-refractivity contribution in [2.24, 2.45) is 10.9 Å². The van der Waals surface area contributed by atoms with E-state index in [-0.39, 0.29) is 11.4 Å². The Morgan fingerprint density at radius 2 is 2.30 bits per heavy atom. The second-order valence-electron chi connectivity index (χ2n) is 4.33. The summed E-state index contributed by atoms with van der Waals surface area (Å²) in [7, 11) is 1.80. The second kappa shape index (κ2) is 5.87. The molecule has 1 aromatic heterocycles. The maximum Gasteiger partial charge on any atom is 0.175 e. The number of aromatic nitrogens is 1. The van der Waals surface area contributed by atoms with Gasteiger partial charge in [0.05, 0.1) is 28.5 Å². The molecule has 2 aromatic rings. The van der Waals surface area contributed by atoms with Gasteiger partial charge in [-0.25, -0.2) is 9.37 Å². The molecule has 1 aromatic carbocycles. The summed E-state index contributed by atoms with van der Waals surface area (Å²) in [5, 5.41) is 14.6. The largest absolute Gasteiger partial charge is 0.409 e. The van der Waals surface area contributed by atoms with Crippen LogP contribution in [0.1, 0.15) is 16.3 Å². The van der Waals surface area contributed by atoms with E-state index in [1.807, 2.05) is 17.2 Å². The number of halogens is 1. The first kappa shape index (κ1) is 14.3. The molecule has 0 unspecified atom stereocenters. The van der Waals surface area contributed by atoms with Crippen LogP contribution in [0.5, 0.6) is 0 Å². The number of nitrogens with two attached hydrogens (primary N) is 1. The van der Waals surface area contributed by atoms with Crippen LogP contribution in [0.3, 0.4) is 0 Å². The number of thiazole rings is 1. The molecule has 2 rings (SSSR count). The van der Waals surface area contributed by atoms with E-state index in [1.54, 1.807) is 30.5 Å². The number of benzene rings is 1. The molecule has 0 saturated carbocycles. The van der Waals surface area contributed by atoms with Crippen molar-refractivity contribution in [2.45, 2.75) is 13.5 Å². The minimum atomic E-state index is -0.529. The highest BCUT2D eigenvalue weighted by atomic mass is 32.1. The molecule has 7 heteroatoms. The number of nitrogens with zero attached hydrogens (tertiary/aromatic N) is 3. The lowest BCUT2D eigenvalue weighted by atomic mass is 10.1. The number of amidine groups is 1. The van der Waals surface area contributed by atoms with Crippen molar-refractivity contribution < 1.29 is 9.60 Å². The van der Waals surface area contributed by atoms with E-state index in [1.165, 1.54) is 6.07 Å². The number of rotatable bonds is 4. The summed E-state index contributed by atoms with van der Waals surface area (Å²) in [6, 6.07) is 4.58. The summed E-state index contributed by atoms with van der Waals surface area (Å²) < 4.78 is 13.9. The highest BCUT2D eigenvalue weighted by Gasteiger charge is 2.16. The molecule has 0 aliphatic heterocycles. The van der Waals surface area contributed by atoms with Crippen molar-refractivity contribution in [3.63, 3.8) is 0 Å². The Kier molecular flexibility index (Phi) is 4.19. The summed E-state index contributed by atoms with van der Waals surface area (Å²) >= 11 is 1.56. The van der Waals surface area contributed by atoms with Gasteiger partial charge < -0.3 is 15.8 Å². The Balaban J connectivity index is 2.34. The molecule has 0 saturated heterocycles. The van der Waals surface area contributed by atoms with Crippen molar-refractivity contribution in [1.29, 1.82) is 0 Å². The van der Waals surface area contributed by atoms with E-state index in [2.05, 4.69) is 10.1 Å². The summed E-state index contributed by atoms with van der Waals surface area (Å²) in [5.41, 5.74) is 7.08. The van der Waals surface area contributed by atoms with Crippen molar-refractivity contribution in [2.75, 3.05) is 11.9 Å². The third kappa shape index (κ3) is 2.88. The quantitative estimate of drug-likeness (QED) is 0.393. The fourth-order valence-electron chi connectivity index (χ4n) is 1.94. The normalized spacial score (nSPS) is 11.7. The van der Waals surface area contributed by atoms with E-state index in [0.717, 1.165) is 10.7 Å². The maximum atomic E-state index is 13.9. The number of aryl methyl sites for hydroxylation is 1. The van der Waals surface area contributed by atoms with Gasteiger partial charge in [0.25, 0.3) is 0 Å². The molecule has 0 bridgehead atoms. The Morgan fingerprint density at radius 3 is 2.90 bits per heavy atom. The first-order valence-electron chi connectivity index (χ1n) is 5.91. The average Bonchev–Trinajstić information content (AvgIpc) is 2.83. The van der Waals surface area contributed by atoms with Crippen molar-refractivity contribution >= 4 is 22.9 Å². The molecule has 1 heterocycles. The molecule has 5 nitrogen and oxygen atoms in total. The van der Waals surface area contributed by atoms with Crippen LogP contribution >= 0.6 is 11.3 Å². The van der Waals surface area contributed by atoms with Gasteiger partial charge in [-0.3, -0.25) is 0 Å². The minimum absolute atomic E-state index is 0.0875. The summed E-state index contributed by atoms with van der Waals surface area (Å²) in [6.07, 6.45) is 0. The van der Waals surface area contributed by atoms with Gasteiger partial charge in [-0.1, -0.05) is 11.2 Å². The fourth-order valence-corrected chi connectivity index (χ4v) is 2.55. The fraction of sp³-hybridized carbons (Fsp3) is 0.231. The summed E-state index contributed by atoms with van der Waals surface area (Å²) in [4.78, 5) is 6.18. The van der Waals surface area contributed by atoms with E-state index in [0.29, 0.717) is 12.2 Å². The van der Waals surface area contributed by atoms with Gasteiger partial charge in [0, 0.05) is 12.4 Å². The average molecular weight is 294 g/mol. The van der Waals surface area contributed by atoms with Crippen LogP contribution in [0.4, 0.5) is 10.1 Å². The van der Waals surface area contributed by atoms with Crippen LogP contribution in [0.2, 0.25) is 0 Å². The second-order valence-corrected chi connectivity index (χ2v) is 5.40. The van der Waals surface area contributed by atoms with Crippen LogP contribution in [-0.2, 0) is 6.54 Å². The highest BCUT2D eigenvalue weighted by molar-refractivity contribution is 7.09. The Morgan fingerprint density at radius 1 is 1.55 bits per heavy atom. The number of anilines is 1. The molecule has 0 amide bonds. The summed E-state index contributed by atoms with van der Waals surface area (Å²) in [5.74, 6) is -0.779. The highest BCUT2D eigenvalue weighted by Crippen LogP contribution is 2.24. The predicted octanol–water partition coefficient (Wildman–Crippen LogP) is 2.32. The molecule has 20 heavy (non-hydrogen) atoms. The molecular weight excluding hydrogens is 279 g/mol. The SMILES string of the molecule is Cc1nc(CN(C)c2cccc(F)c2C(N)=NO)cs1. The first-order valence-corrected chi connectivity index (χ1v) is 6.79. The lowest BCUT2D eigenvalue weighted by molar-refractivity contribution is 0.318. The Labute approximate surface area is 120 Å². The zero-order chi connectivity index (χ0) is 14.7. The third-order valence-corrected chi connectivity index (χ3v) is 3.65. The van der Waals surface area contributed by atoms with Gasteiger partial charge in [0.15, 0.2) is 5.84 Å². The Bertz CT molecular complexity index is 641. The van der Waals surface area contributed by atoms with Gasteiger partial charge in [-0.15, -0.1) is 11.3 Å². The van der Waals surface area contributed by atoms with Gasteiger partial charge >= 0.3 is 0 Å². The maximum absolute atomic E-state index is 13.9. The third-order valence-electron chi connectivity index (χ3n) is 2.83. The van der Waals surface area contributed by atoms with E-state index in [4.69, 9.17) is 10.9 Å². The standard InChI is InChI=1S/C13H15FN4OS/c1-8-16-9(7-20-8)6-18(2)11-5-3-4-10(14)12(11)13(15)17-19/h3-5,7,19H,6H2,1-2H3,(H2,15,17). The molecule has 3 N–H and O–H groups in total. The van der Waals surface area contributed by atoms with Crippen LogP contribution in [-0.4, -0.2) is 23.1 Å². The van der Waals surface area contributed by atoms with Crippen molar-refractivity contribution in [3.8, 4) is 0 Å².